The summed E-state index contributed by atoms with van der Waals surface area (Å²) in [5.41, 5.74) is 0.802. The molecule has 1 saturated carbocycles. The van der Waals surface area contributed by atoms with Crippen LogP contribution in [0.3, 0.4) is 0 Å². The fourth-order valence-electron chi connectivity index (χ4n) is 3.14. The fourth-order valence-corrected chi connectivity index (χ4v) is 3.14. The van der Waals surface area contributed by atoms with Gasteiger partial charge in [0.25, 0.3) is 0 Å². The molecule has 114 valence electrons. The van der Waals surface area contributed by atoms with Gasteiger partial charge in [-0.15, -0.1) is 0 Å². The van der Waals surface area contributed by atoms with Gasteiger partial charge in [0.15, 0.2) is 5.65 Å². The summed E-state index contributed by atoms with van der Waals surface area (Å²) >= 11 is 0. The van der Waals surface area contributed by atoms with Crippen molar-refractivity contribution in [2.45, 2.75) is 51.5 Å². The van der Waals surface area contributed by atoms with Gasteiger partial charge in [-0.25, -0.2) is 0 Å². The standard InChI is InChI=1S/C15H24N6/c1-3-16-15-18-13-12(10-17-20-13)14(19-15)21(2)11-8-6-4-5-7-9-11/h10-11H,3-9H2,1-2H3,(H2,16,17,18,19,20). The average molecular weight is 288 g/mol. The van der Waals surface area contributed by atoms with Crippen LogP contribution < -0.4 is 10.2 Å². The van der Waals surface area contributed by atoms with Crippen LogP contribution in [0.15, 0.2) is 6.20 Å². The molecule has 1 fully saturated rings. The Hall–Kier alpha value is -1.85. The molecule has 3 rings (SSSR count). The lowest BCUT2D eigenvalue weighted by atomic mass is 10.1. The lowest BCUT2D eigenvalue weighted by molar-refractivity contribution is 0.550. The van der Waals surface area contributed by atoms with Crippen LogP contribution >= 0.6 is 0 Å². The quantitative estimate of drug-likeness (QED) is 0.846. The highest BCUT2D eigenvalue weighted by Crippen LogP contribution is 2.29. The van der Waals surface area contributed by atoms with Gasteiger partial charge < -0.3 is 10.2 Å². The van der Waals surface area contributed by atoms with Gasteiger partial charge in [-0.3, -0.25) is 5.10 Å². The van der Waals surface area contributed by atoms with Crippen molar-refractivity contribution in [3.8, 4) is 0 Å². The third-order valence-corrected chi connectivity index (χ3v) is 4.33. The van der Waals surface area contributed by atoms with E-state index in [2.05, 4.69) is 39.4 Å². The molecular formula is C15H24N6. The van der Waals surface area contributed by atoms with E-state index < -0.39 is 0 Å². The summed E-state index contributed by atoms with van der Waals surface area (Å²) in [6.07, 6.45) is 9.67. The molecule has 0 radical (unpaired) electrons. The summed E-state index contributed by atoms with van der Waals surface area (Å²) in [7, 11) is 2.15. The molecule has 2 heterocycles. The van der Waals surface area contributed by atoms with Crippen molar-refractivity contribution < 1.29 is 0 Å². The lowest BCUT2D eigenvalue weighted by Crippen LogP contribution is -2.32. The lowest BCUT2D eigenvalue weighted by Gasteiger charge is -2.28. The molecule has 0 atom stereocenters. The van der Waals surface area contributed by atoms with E-state index in [-0.39, 0.29) is 0 Å². The van der Waals surface area contributed by atoms with Crippen molar-refractivity contribution in [2.24, 2.45) is 0 Å². The number of aromatic amines is 1. The van der Waals surface area contributed by atoms with E-state index in [1.807, 2.05) is 6.20 Å². The number of nitrogens with zero attached hydrogens (tertiary/aromatic N) is 4. The molecule has 0 amide bonds. The topological polar surface area (TPSA) is 69.7 Å². The molecule has 1 aliphatic carbocycles. The smallest absolute Gasteiger partial charge is 0.226 e. The van der Waals surface area contributed by atoms with E-state index >= 15 is 0 Å². The minimum Gasteiger partial charge on any atom is -0.356 e. The molecule has 6 heteroatoms. The number of anilines is 2. The molecule has 1 aliphatic rings. The summed E-state index contributed by atoms with van der Waals surface area (Å²) in [4.78, 5) is 11.5. The van der Waals surface area contributed by atoms with Crippen molar-refractivity contribution in [1.29, 1.82) is 0 Å². The first-order chi connectivity index (χ1) is 10.3. The van der Waals surface area contributed by atoms with E-state index in [9.17, 15) is 0 Å². The molecule has 0 spiro atoms. The highest BCUT2D eigenvalue weighted by Gasteiger charge is 2.21. The Bertz CT molecular complexity index is 585. The van der Waals surface area contributed by atoms with E-state index in [0.717, 1.165) is 23.4 Å². The van der Waals surface area contributed by atoms with Crippen molar-refractivity contribution >= 4 is 22.8 Å². The largest absolute Gasteiger partial charge is 0.356 e. The zero-order valence-electron chi connectivity index (χ0n) is 12.9. The predicted molar refractivity (Wildman–Crippen MR) is 85.7 cm³/mol. The minimum atomic E-state index is 0.565. The Balaban J connectivity index is 1.94. The Morgan fingerprint density at radius 3 is 2.71 bits per heavy atom. The molecule has 0 aromatic carbocycles. The molecule has 2 N–H and O–H groups in total. The average Bonchev–Trinajstić information content (AvgIpc) is 2.79. The van der Waals surface area contributed by atoms with Crippen LogP contribution in [0.5, 0.6) is 0 Å². The molecule has 2 aromatic heterocycles. The maximum absolute atomic E-state index is 4.71. The third kappa shape index (κ3) is 2.94. The predicted octanol–water partition coefficient (Wildman–Crippen LogP) is 2.94. The van der Waals surface area contributed by atoms with Crippen LogP contribution in [0.1, 0.15) is 45.4 Å². The monoisotopic (exact) mass is 288 g/mol. The summed E-state index contributed by atoms with van der Waals surface area (Å²) in [5.74, 6) is 1.65. The molecule has 0 saturated heterocycles. The van der Waals surface area contributed by atoms with E-state index in [1.165, 1.54) is 38.5 Å². The van der Waals surface area contributed by atoms with Crippen molar-refractivity contribution in [2.75, 3.05) is 23.8 Å². The minimum absolute atomic E-state index is 0.565. The molecule has 0 unspecified atom stereocenters. The first-order valence-corrected chi connectivity index (χ1v) is 7.97. The highest BCUT2D eigenvalue weighted by atomic mass is 15.3. The number of rotatable bonds is 4. The zero-order chi connectivity index (χ0) is 14.7. The summed E-state index contributed by atoms with van der Waals surface area (Å²) in [6, 6.07) is 0.565. The Morgan fingerprint density at radius 1 is 1.24 bits per heavy atom. The maximum Gasteiger partial charge on any atom is 0.226 e. The second kappa shape index (κ2) is 6.28. The molecular weight excluding hydrogens is 264 g/mol. The van der Waals surface area contributed by atoms with Crippen LogP contribution in [0.25, 0.3) is 11.0 Å². The van der Waals surface area contributed by atoms with Gasteiger partial charge in [0.1, 0.15) is 5.82 Å². The molecule has 6 nitrogen and oxygen atoms in total. The van der Waals surface area contributed by atoms with E-state index in [1.54, 1.807) is 0 Å². The Kier molecular flexibility index (Phi) is 4.22. The fraction of sp³-hybridized carbons (Fsp3) is 0.667. The number of hydrogen-bond donors (Lipinski definition) is 2. The van der Waals surface area contributed by atoms with Gasteiger partial charge in [-0.05, 0) is 19.8 Å². The molecule has 2 aromatic rings. The summed E-state index contributed by atoms with van der Waals surface area (Å²) in [5, 5.41) is 11.3. The second-order valence-corrected chi connectivity index (χ2v) is 5.79. The van der Waals surface area contributed by atoms with Crippen LogP contribution in [-0.4, -0.2) is 39.8 Å². The van der Waals surface area contributed by atoms with Crippen LogP contribution in [0, 0.1) is 0 Å². The number of aromatic nitrogens is 4. The molecule has 21 heavy (non-hydrogen) atoms. The van der Waals surface area contributed by atoms with Gasteiger partial charge in [0.05, 0.1) is 11.6 Å². The van der Waals surface area contributed by atoms with Crippen molar-refractivity contribution in [1.82, 2.24) is 20.2 Å². The van der Waals surface area contributed by atoms with E-state index in [0.29, 0.717) is 12.0 Å². The van der Waals surface area contributed by atoms with Crippen LogP contribution in [0.2, 0.25) is 0 Å². The van der Waals surface area contributed by atoms with Gasteiger partial charge >= 0.3 is 0 Å². The van der Waals surface area contributed by atoms with Crippen molar-refractivity contribution in [3.05, 3.63) is 6.20 Å². The summed E-state index contributed by atoms with van der Waals surface area (Å²) in [6.45, 7) is 2.86. The van der Waals surface area contributed by atoms with Gasteiger partial charge in [-0.1, -0.05) is 25.7 Å². The Labute approximate surface area is 125 Å². The third-order valence-electron chi connectivity index (χ3n) is 4.33. The normalized spacial score (nSPS) is 16.9. The van der Waals surface area contributed by atoms with Crippen molar-refractivity contribution in [3.63, 3.8) is 0 Å². The Morgan fingerprint density at radius 2 is 2.00 bits per heavy atom. The van der Waals surface area contributed by atoms with Crippen LogP contribution in [-0.2, 0) is 0 Å². The first-order valence-electron chi connectivity index (χ1n) is 7.97. The highest BCUT2D eigenvalue weighted by molar-refractivity contribution is 5.87. The molecule has 0 bridgehead atoms. The zero-order valence-corrected chi connectivity index (χ0v) is 12.9. The number of fused-ring (bicyclic) bond motifs is 1. The van der Waals surface area contributed by atoms with E-state index in [4.69, 9.17) is 4.98 Å². The number of H-pyrrole nitrogens is 1. The van der Waals surface area contributed by atoms with Gasteiger partial charge in [0.2, 0.25) is 5.95 Å². The number of hydrogen-bond acceptors (Lipinski definition) is 5. The van der Waals surface area contributed by atoms with Gasteiger partial charge in [-0.2, -0.15) is 15.1 Å². The maximum atomic E-state index is 4.71. The second-order valence-electron chi connectivity index (χ2n) is 5.79. The SMILES string of the molecule is CCNc1nc(N(C)C2CCCCCC2)c2cn[nH]c2n1. The van der Waals surface area contributed by atoms with Crippen LogP contribution in [0.4, 0.5) is 11.8 Å². The van der Waals surface area contributed by atoms with Gasteiger partial charge in [0, 0.05) is 19.6 Å². The number of nitrogens with one attached hydrogen (secondary N) is 2. The molecule has 0 aliphatic heterocycles. The summed E-state index contributed by atoms with van der Waals surface area (Å²) < 4.78 is 0. The first kappa shape index (κ1) is 14.1.